The van der Waals surface area contributed by atoms with Crippen LogP contribution in [-0.4, -0.2) is 30.1 Å². The molecule has 0 unspecified atom stereocenters. The second-order valence-electron chi connectivity index (χ2n) is 5.23. The number of amides is 1. The number of nitrogens with zero attached hydrogens (tertiary/aromatic N) is 1. The van der Waals surface area contributed by atoms with E-state index in [1.54, 1.807) is 11.9 Å². The molecule has 2 rings (SSSR count). The molecule has 0 aromatic heterocycles. The fourth-order valence-electron chi connectivity index (χ4n) is 2.52. The molecule has 0 spiro atoms. The van der Waals surface area contributed by atoms with Gasteiger partial charge in [0, 0.05) is 19.1 Å². The number of benzene rings is 1. The smallest absolute Gasteiger partial charge is 0.410 e. The molecule has 0 aliphatic heterocycles. The molecule has 0 bridgehead atoms. The van der Waals surface area contributed by atoms with Gasteiger partial charge in [0.2, 0.25) is 0 Å². The summed E-state index contributed by atoms with van der Waals surface area (Å²) in [6, 6.07) is 10.1. The highest BCUT2D eigenvalue weighted by molar-refractivity contribution is 5.67. The Morgan fingerprint density at radius 1 is 1.37 bits per heavy atom. The third-order valence-electron chi connectivity index (χ3n) is 3.73. The van der Waals surface area contributed by atoms with Crippen molar-refractivity contribution in [1.29, 1.82) is 0 Å². The van der Waals surface area contributed by atoms with Crippen molar-refractivity contribution in [2.75, 3.05) is 7.05 Å². The van der Waals surface area contributed by atoms with Crippen molar-refractivity contribution >= 4 is 6.09 Å². The second-order valence-corrected chi connectivity index (χ2v) is 5.23. The Balaban J connectivity index is 1.82. The Labute approximate surface area is 114 Å². The van der Waals surface area contributed by atoms with Gasteiger partial charge in [-0.15, -0.1) is 0 Å². The van der Waals surface area contributed by atoms with E-state index in [-0.39, 0.29) is 18.2 Å². The van der Waals surface area contributed by atoms with Crippen LogP contribution >= 0.6 is 0 Å². The van der Waals surface area contributed by atoms with Gasteiger partial charge in [-0.3, -0.25) is 0 Å². The minimum atomic E-state index is -0.261. The van der Waals surface area contributed by atoms with Crippen LogP contribution in [0.4, 0.5) is 4.79 Å². The molecule has 1 amide bonds. The average molecular weight is 262 g/mol. The summed E-state index contributed by atoms with van der Waals surface area (Å²) in [5, 5.41) is 0. The molecule has 1 aliphatic carbocycles. The molecule has 1 fully saturated rings. The zero-order chi connectivity index (χ0) is 13.7. The van der Waals surface area contributed by atoms with Gasteiger partial charge in [0.25, 0.3) is 0 Å². The van der Waals surface area contributed by atoms with E-state index in [1.165, 1.54) is 0 Å². The molecular formula is C15H22N2O2. The summed E-state index contributed by atoms with van der Waals surface area (Å²) in [7, 11) is 1.80. The van der Waals surface area contributed by atoms with E-state index in [2.05, 4.69) is 0 Å². The normalized spacial score (nSPS) is 22.8. The topological polar surface area (TPSA) is 55.6 Å². The summed E-state index contributed by atoms with van der Waals surface area (Å²) in [5.74, 6) is 0. The van der Waals surface area contributed by atoms with Crippen LogP contribution in [0.2, 0.25) is 0 Å². The molecule has 19 heavy (non-hydrogen) atoms. The summed E-state index contributed by atoms with van der Waals surface area (Å²) < 4.78 is 5.32. The minimum absolute atomic E-state index is 0.211. The highest BCUT2D eigenvalue weighted by Crippen LogP contribution is 2.21. The summed E-state index contributed by atoms with van der Waals surface area (Å²) in [6.07, 6.45) is 3.77. The van der Waals surface area contributed by atoms with Gasteiger partial charge in [0.05, 0.1) is 0 Å². The molecular weight excluding hydrogens is 240 g/mol. The standard InChI is InChI=1S/C15H22N2O2/c1-17(14-9-5-8-13(16)10-14)15(18)19-11-12-6-3-2-4-7-12/h2-4,6-7,13-14H,5,8-11,16H2,1H3/t13-,14-/m1/s1. The molecule has 1 saturated carbocycles. The van der Waals surface area contributed by atoms with Crippen LogP contribution in [-0.2, 0) is 11.3 Å². The lowest BCUT2D eigenvalue weighted by atomic mass is 9.91. The molecule has 2 N–H and O–H groups in total. The molecule has 0 radical (unpaired) electrons. The summed E-state index contributed by atoms with van der Waals surface area (Å²) in [5.41, 5.74) is 6.95. The van der Waals surface area contributed by atoms with Gasteiger partial charge >= 0.3 is 6.09 Å². The first-order chi connectivity index (χ1) is 9.16. The lowest BCUT2D eigenvalue weighted by molar-refractivity contribution is 0.0817. The second kappa shape index (κ2) is 6.57. The molecule has 1 aromatic carbocycles. The van der Waals surface area contributed by atoms with Gasteiger partial charge in [0.15, 0.2) is 0 Å². The predicted octanol–water partition coefficient (Wildman–Crippen LogP) is 2.52. The van der Waals surface area contributed by atoms with Crippen molar-refractivity contribution in [2.45, 2.75) is 44.4 Å². The van der Waals surface area contributed by atoms with Crippen molar-refractivity contribution in [1.82, 2.24) is 4.90 Å². The Bertz CT molecular complexity index is 408. The maximum atomic E-state index is 12.0. The van der Waals surface area contributed by atoms with E-state index in [4.69, 9.17) is 10.5 Å². The fraction of sp³-hybridized carbons (Fsp3) is 0.533. The van der Waals surface area contributed by atoms with Crippen LogP contribution in [0.1, 0.15) is 31.2 Å². The Kier molecular flexibility index (Phi) is 4.80. The lowest BCUT2D eigenvalue weighted by Crippen LogP contribution is -2.43. The number of hydrogen-bond acceptors (Lipinski definition) is 3. The molecule has 4 heteroatoms. The summed E-state index contributed by atoms with van der Waals surface area (Å²) in [6.45, 7) is 0.322. The Morgan fingerprint density at radius 3 is 2.79 bits per heavy atom. The summed E-state index contributed by atoms with van der Waals surface area (Å²) >= 11 is 0. The Hall–Kier alpha value is -1.55. The number of ether oxygens (including phenoxy) is 1. The monoisotopic (exact) mass is 262 g/mol. The maximum absolute atomic E-state index is 12.0. The van der Waals surface area contributed by atoms with E-state index in [0.29, 0.717) is 6.61 Å². The minimum Gasteiger partial charge on any atom is -0.445 e. The molecule has 1 aliphatic rings. The number of carbonyl (C=O) groups is 1. The van der Waals surface area contributed by atoms with Crippen molar-refractivity contribution in [2.24, 2.45) is 5.73 Å². The summed E-state index contributed by atoms with van der Waals surface area (Å²) in [4.78, 5) is 13.7. The zero-order valence-corrected chi connectivity index (χ0v) is 11.4. The molecule has 0 saturated heterocycles. The number of rotatable bonds is 3. The number of carbonyl (C=O) groups excluding carboxylic acids is 1. The third-order valence-corrected chi connectivity index (χ3v) is 3.73. The van der Waals surface area contributed by atoms with Crippen LogP contribution in [0.15, 0.2) is 30.3 Å². The lowest BCUT2D eigenvalue weighted by Gasteiger charge is -2.33. The van der Waals surface area contributed by atoms with Crippen molar-refractivity contribution in [3.8, 4) is 0 Å². The SMILES string of the molecule is CN(C(=O)OCc1ccccc1)[C@@H]1CCC[C@@H](N)C1. The van der Waals surface area contributed by atoms with Crippen molar-refractivity contribution < 1.29 is 9.53 Å². The van der Waals surface area contributed by atoms with Gasteiger partial charge in [0.1, 0.15) is 6.61 Å². The van der Waals surface area contributed by atoms with Gasteiger partial charge in [-0.25, -0.2) is 4.79 Å². The molecule has 1 aromatic rings. The van der Waals surface area contributed by atoms with E-state index >= 15 is 0 Å². The zero-order valence-electron chi connectivity index (χ0n) is 11.4. The number of hydrogen-bond donors (Lipinski definition) is 1. The Morgan fingerprint density at radius 2 is 2.11 bits per heavy atom. The van der Waals surface area contributed by atoms with E-state index in [0.717, 1.165) is 31.2 Å². The van der Waals surface area contributed by atoms with Gasteiger partial charge in [-0.2, -0.15) is 0 Å². The molecule has 104 valence electrons. The maximum Gasteiger partial charge on any atom is 0.410 e. The van der Waals surface area contributed by atoms with Gasteiger partial charge in [-0.05, 0) is 31.2 Å². The highest BCUT2D eigenvalue weighted by Gasteiger charge is 2.26. The van der Waals surface area contributed by atoms with E-state index in [9.17, 15) is 4.79 Å². The van der Waals surface area contributed by atoms with Gasteiger partial charge < -0.3 is 15.4 Å². The van der Waals surface area contributed by atoms with Crippen LogP contribution < -0.4 is 5.73 Å². The molecule has 4 nitrogen and oxygen atoms in total. The van der Waals surface area contributed by atoms with Crippen LogP contribution in [0.5, 0.6) is 0 Å². The van der Waals surface area contributed by atoms with E-state index in [1.807, 2.05) is 30.3 Å². The highest BCUT2D eigenvalue weighted by atomic mass is 16.6. The fourth-order valence-corrected chi connectivity index (χ4v) is 2.52. The first-order valence-corrected chi connectivity index (χ1v) is 6.86. The third kappa shape index (κ3) is 3.96. The largest absolute Gasteiger partial charge is 0.445 e. The van der Waals surface area contributed by atoms with E-state index < -0.39 is 0 Å². The molecule has 0 heterocycles. The van der Waals surface area contributed by atoms with Crippen molar-refractivity contribution in [3.63, 3.8) is 0 Å². The van der Waals surface area contributed by atoms with Crippen LogP contribution in [0, 0.1) is 0 Å². The van der Waals surface area contributed by atoms with Crippen molar-refractivity contribution in [3.05, 3.63) is 35.9 Å². The average Bonchev–Trinajstić information content (AvgIpc) is 2.45. The first kappa shape index (κ1) is 13.9. The predicted molar refractivity (Wildman–Crippen MR) is 74.6 cm³/mol. The first-order valence-electron chi connectivity index (χ1n) is 6.86. The quantitative estimate of drug-likeness (QED) is 0.910. The molecule has 2 atom stereocenters. The van der Waals surface area contributed by atoms with Gasteiger partial charge in [-0.1, -0.05) is 30.3 Å². The number of nitrogens with two attached hydrogens (primary N) is 1. The van der Waals surface area contributed by atoms with Crippen LogP contribution in [0.25, 0.3) is 0 Å². The van der Waals surface area contributed by atoms with Crippen LogP contribution in [0.3, 0.4) is 0 Å².